The van der Waals surface area contributed by atoms with Crippen LogP contribution in [-0.2, 0) is 4.74 Å². The smallest absolute Gasteiger partial charge is 0.340 e. The van der Waals surface area contributed by atoms with Crippen LogP contribution in [0.4, 0.5) is 4.39 Å². The Morgan fingerprint density at radius 3 is 2.71 bits per heavy atom. The molecule has 1 aromatic carbocycles. The van der Waals surface area contributed by atoms with Gasteiger partial charge in [0, 0.05) is 11.1 Å². The summed E-state index contributed by atoms with van der Waals surface area (Å²) < 4.78 is 18.4. The van der Waals surface area contributed by atoms with Gasteiger partial charge in [-0.1, -0.05) is 26.0 Å². The SMILES string of the molecule is COC(=O)c1c(C(C)C)[nH]c2c(F)cccc12. The Labute approximate surface area is 98.6 Å². The Hall–Kier alpha value is -1.84. The summed E-state index contributed by atoms with van der Waals surface area (Å²) in [4.78, 5) is 14.7. The third kappa shape index (κ3) is 1.79. The molecule has 0 radical (unpaired) electrons. The number of rotatable bonds is 2. The number of carbonyl (C=O) groups is 1. The van der Waals surface area contributed by atoms with Crippen molar-refractivity contribution in [1.82, 2.24) is 4.98 Å². The molecule has 0 amide bonds. The zero-order valence-corrected chi connectivity index (χ0v) is 10.0. The zero-order valence-electron chi connectivity index (χ0n) is 10.0. The molecule has 2 aromatic rings. The molecule has 0 spiro atoms. The monoisotopic (exact) mass is 235 g/mol. The molecule has 17 heavy (non-hydrogen) atoms. The predicted octanol–water partition coefficient (Wildman–Crippen LogP) is 3.22. The molecule has 0 saturated carbocycles. The van der Waals surface area contributed by atoms with E-state index in [0.717, 1.165) is 0 Å². The molecule has 2 rings (SSSR count). The summed E-state index contributed by atoms with van der Waals surface area (Å²) in [6.45, 7) is 3.88. The van der Waals surface area contributed by atoms with E-state index in [1.54, 1.807) is 12.1 Å². The number of halogens is 1. The largest absolute Gasteiger partial charge is 0.465 e. The summed E-state index contributed by atoms with van der Waals surface area (Å²) in [7, 11) is 1.32. The van der Waals surface area contributed by atoms with Crippen LogP contribution in [-0.4, -0.2) is 18.1 Å². The van der Waals surface area contributed by atoms with E-state index in [0.29, 0.717) is 22.2 Å². The molecule has 90 valence electrons. The second kappa shape index (κ2) is 4.20. The van der Waals surface area contributed by atoms with Crippen molar-refractivity contribution in [2.75, 3.05) is 7.11 Å². The summed E-state index contributed by atoms with van der Waals surface area (Å²) in [6.07, 6.45) is 0. The summed E-state index contributed by atoms with van der Waals surface area (Å²) in [5, 5.41) is 0.570. The second-order valence-electron chi connectivity index (χ2n) is 4.22. The molecule has 0 aliphatic heterocycles. The fourth-order valence-corrected chi connectivity index (χ4v) is 1.96. The molecule has 1 aromatic heterocycles. The minimum absolute atomic E-state index is 0.0934. The first-order valence-electron chi connectivity index (χ1n) is 5.44. The number of methoxy groups -OCH3 is 1. The van der Waals surface area contributed by atoms with Crippen LogP contribution in [0.3, 0.4) is 0 Å². The number of para-hydroxylation sites is 1. The Morgan fingerprint density at radius 1 is 1.41 bits per heavy atom. The molecule has 0 aliphatic rings. The highest BCUT2D eigenvalue weighted by molar-refractivity contribution is 6.05. The molecular formula is C13H14FNO2. The quantitative estimate of drug-likeness (QED) is 0.812. The van der Waals surface area contributed by atoms with Gasteiger partial charge in [-0.2, -0.15) is 0 Å². The molecule has 1 heterocycles. The number of aromatic nitrogens is 1. The standard InChI is InChI=1S/C13H14FNO2/c1-7(2)11-10(13(16)17-3)8-5-4-6-9(14)12(8)15-11/h4-7,15H,1-3H3. The van der Waals surface area contributed by atoms with Crippen LogP contribution in [0.25, 0.3) is 10.9 Å². The van der Waals surface area contributed by atoms with Crippen molar-refractivity contribution in [1.29, 1.82) is 0 Å². The zero-order chi connectivity index (χ0) is 12.6. The van der Waals surface area contributed by atoms with Gasteiger partial charge in [0.05, 0.1) is 18.2 Å². The number of H-pyrrole nitrogens is 1. The lowest BCUT2D eigenvalue weighted by Crippen LogP contribution is -2.05. The van der Waals surface area contributed by atoms with Crippen LogP contribution in [0.2, 0.25) is 0 Å². The molecule has 0 unspecified atom stereocenters. The number of hydrogen-bond acceptors (Lipinski definition) is 2. The van der Waals surface area contributed by atoms with Crippen LogP contribution in [0.5, 0.6) is 0 Å². The van der Waals surface area contributed by atoms with Crippen LogP contribution < -0.4 is 0 Å². The predicted molar refractivity (Wildman–Crippen MR) is 63.7 cm³/mol. The maximum absolute atomic E-state index is 13.6. The fraction of sp³-hybridized carbons (Fsp3) is 0.308. The number of nitrogens with one attached hydrogen (secondary N) is 1. The van der Waals surface area contributed by atoms with Gasteiger partial charge in [-0.3, -0.25) is 0 Å². The lowest BCUT2D eigenvalue weighted by molar-refractivity contribution is 0.0601. The van der Waals surface area contributed by atoms with Crippen molar-refractivity contribution >= 4 is 16.9 Å². The third-order valence-electron chi connectivity index (χ3n) is 2.78. The molecular weight excluding hydrogens is 221 g/mol. The van der Waals surface area contributed by atoms with Gasteiger partial charge in [0.1, 0.15) is 5.82 Å². The van der Waals surface area contributed by atoms with E-state index in [2.05, 4.69) is 4.98 Å². The van der Waals surface area contributed by atoms with Crippen LogP contribution >= 0.6 is 0 Å². The molecule has 0 bridgehead atoms. The maximum atomic E-state index is 13.6. The first-order chi connectivity index (χ1) is 8.06. The first-order valence-corrected chi connectivity index (χ1v) is 5.44. The third-order valence-corrected chi connectivity index (χ3v) is 2.78. The molecule has 4 heteroatoms. The van der Waals surface area contributed by atoms with E-state index in [4.69, 9.17) is 4.74 Å². The fourth-order valence-electron chi connectivity index (χ4n) is 1.96. The van der Waals surface area contributed by atoms with Crippen LogP contribution in [0.15, 0.2) is 18.2 Å². The van der Waals surface area contributed by atoms with Gasteiger partial charge in [0.2, 0.25) is 0 Å². The van der Waals surface area contributed by atoms with Gasteiger partial charge >= 0.3 is 5.97 Å². The number of ether oxygens (including phenoxy) is 1. The van der Waals surface area contributed by atoms with E-state index in [-0.39, 0.29) is 11.7 Å². The van der Waals surface area contributed by atoms with Crippen LogP contribution in [0, 0.1) is 5.82 Å². The van der Waals surface area contributed by atoms with Gasteiger partial charge in [-0.15, -0.1) is 0 Å². The van der Waals surface area contributed by atoms with Crippen molar-refractivity contribution in [3.05, 3.63) is 35.3 Å². The van der Waals surface area contributed by atoms with E-state index in [9.17, 15) is 9.18 Å². The van der Waals surface area contributed by atoms with Crippen LogP contribution in [0.1, 0.15) is 35.8 Å². The number of fused-ring (bicyclic) bond motifs is 1. The summed E-state index contributed by atoms with van der Waals surface area (Å²) in [5.41, 5.74) is 1.49. The summed E-state index contributed by atoms with van der Waals surface area (Å²) in [5.74, 6) is -0.707. The number of esters is 1. The number of benzene rings is 1. The van der Waals surface area contributed by atoms with Crippen molar-refractivity contribution in [3.8, 4) is 0 Å². The molecule has 0 atom stereocenters. The first kappa shape index (κ1) is 11.6. The lowest BCUT2D eigenvalue weighted by Gasteiger charge is -2.05. The van der Waals surface area contributed by atoms with Gasteiger partial charge in [0.25, 0.3) is 0 Å². The van der Waals surface area contributed by atoms with Gasteiger partial charge < -0.3 is 9.72 Å². The van der Waals surface area contributed by atoms with Crippen molar-refractivity contribution in [3.63, 3.8) is 0 Å². The second-order valence-corrected chi connectivity index (χ2v) is 4.22. The lowest BCUT2D eigenvalue weighted by atomic mass is 10.0. The average Bonchev–Trinajstić information content (AvgIpc) is 2.69. The highest BCUT2D eigenvalue weighted by Gasteiger charge is 2.22. The molecule has 0 aliphatic carbocycles. The number of aromatic amines is 1. The summed E-state index contributed by atoms with van der Waals surface area (Å²) in [6, 6.07) is 4.67. The average molecular weight is 235 g/mol. The van der Waals surface area contributed by atoms with E-state index in [1.165, 1.54) is 13.2 Å². The minimum Gasteiger partial charge on any atom is -0.465 e. The van der Waals surface area contributed by atoms with Gasteiger partial charge in [-0.25, -0.2) is 9.18 Å². The van der Waals surface area contributed by atoms with E-state index in [1.807, 2.05) is 13.8 Å². The minimum atomic E-state index is -0.439. The Balaban J connectivity index is 2.81. The highest BCUT2D eigenvalue weighted by Crippen LogP contribution is 2.29. The number of hydrogen-bond donors (Lipinski definition) is 1. The van der Waals surface area contributed by atoms with E-state index >= 15 is 0 Å². The normalized spacial score (nSPS) is 11.1. The summed E-state index contributed by atoms with van der Waals surface area (Å²) >= 11 is 0. The Kier molecular flexibility index (Phi) is 2.88. The van der Waals surface area contributed by atoms with Crippen molar-refractivity contribution < 1.29 is 13.9 Å². The van der Waals surface area contributed by atoms with E-state index < -0.39 is 5.97 Å². The van der Waals surface area contributed by atoms with Gasteiger partial charge in [-0.05, 0) is 12.0 Å². The highest BCUT2D eigenvalue weighted by atomic mass is 19.1. The van der Waals surface area contributed by atoms with Gasteiger partial charge in [0.15, 0.2) is 0 Å². The molecule has 0 saturated heterocycles. The molecule has 0 fully saturated rings. The topological polar surface area (TPSA) is 42.1 Å². The Morgan fingerprint density at radius 2 is 2.12 bits per heavy atom. The number of carbonyl (C=O) groups excluding carboxylic acids is 1. The molecule has 3 nitrogen and oxygen atoms in total. The van der Waals surface area contributed by atoms with Crippen molar-refractivity contribution in [2.24, 2.45) is 0 Å². The molecule has 1 N–H and O–H groups in total. The Bertz CT molecular complexity index is 572. The van der Waals surface area contributed by atoms with Crippen molar-refractivity contribution in [2.45, 2.75) is 19.8 Å². The maximum Gasteiger partial charge on any atom is 0.340 e.